The second-order valence-corrected chi connectivity index (χ2v) is 6.41. The van der Waals surface area contributed by atoms with E-state index in [4.69, 9.17) is 4.74 Å². The summed E-state index contributed by atoms with van der Waals surface area (Å²) in [6, 6.07) is 10.5. The molecule has 6 nitrogen and oxygen atoms in total. The van der Waals surface area contributed by atoms with Crippen molar-refractivity contribution in [2.45, 2.75) is 25.8 Å². The molecule has 140 valence electrons. The molecule has 7 heteroatoms. The molecule has 1 saturated carbocycles. The molecule has 1 fully saturated rings. The lowest BCUT2D eigenvalue weighted by molar-refractivity contribution is -0.119. The molecule has 0 saturated heterocycles. The summed E-state index contributed by atoms with van der Waals surface area (Å²) in [4.78, 5) is 36.1. The first-order chi connectivity index (χ1) is 12.9. The van der Waals surface area contributed by atoms with Gasteiger partial charge in [-0.2, -0.15) is 0 Å². The van der Waals surface area contributed by atoms with Gasteiger partial charge in [0.05, 0.1) is 5.56 Å². The van der Waals surface area contributed by atoms with Gasteiger partial charge in [0.2, 0.25) is 0 Å². The molecule has 0 heterocycles. The zero-order chi connectivity index (χ0) is 19.4. The van der Waals surface area contributed by atoms with Crippen molar-refractivity contribution in [2.24, 2.45) is 0 Å². The lowest BCUT2D eigenvalue weighted by Gasteiger charge is -2.09. The first-order valence-electron chi connectivity index (χ1n) is 8.56. The van der Waals surface area contributed by atoms with E-state index in [-0.39, 0.29) is 17.5 Å². The maximum absolute atomic E-state index is 13.3. The monoisotopic (exact) mass is 370 g/mol. The molecule has 3 rings (SSSR count). The molecule has 1 aliphatic rings. The number of rotatable bonds is 6. The Hall–Kier alpha value is -3.22. The molecule has 0 bridgehead atoms. The van der Waals surface area contributed by atoms with Crippen LogP contribution in [0.5, 0.6) is 0 Å². The second kappa shape index (κ2) is 7.99. The summed E-state index contributed by atoms with van der Waals surface area (Å²) in [5.41, 5.74) is 1.48. The third kappa shape index (κ3) is 5.13. The van der Waals surface area contributed by atoms with Crippen LogP contribution in [0.25, 0.3) is 0 Å². The van der Waals surface area contributed by atoms with Crippen LogP contribution in [0.2, 0.25) is 0 Å². The lowest BCUT2D eigenvalue weighted by atomic mass is 10.1. The molecule has 27 heavy (non-hydrogen) atoms. The topological polar surface area (TPSA) is 84.5 Å². The third-order valence-corrected chi connectivity index (χ3v) is 4.07. The standard InChI is InChI=1S/C20H19FN2O4/c1-12-5-6-14(21)10-17(12)20(26)27-11-18(24)22-16-4-2-3-13(9-16)19(25)23-15-7-8-15/h2-6,9-10,15H,7-8,11H2,1H3,(H,22,24)(H,23,25). The number of halogens is 1. The SMILES string of the molecule is Cc1ccc(F)cc1C(=O)OCC(=O)Nc1cccc(C(=O)NC2CC2)c1. The Balaban J connectivity index is 1.55. The highest BCUT2D eigenvalue weighted by Crippen LogP contribution is 2.20. The number of anilines is 1. The van der Waals surface area contributed by atoms with Crippen molar-refractivity contribution < 1.29 is 23.5 Å². The highest BCUT2D eigenvalue weighted by atomic mass is 19.1. The number of carbonyl (C=O) groups is 3. The summed E-state index contributed by atoms with van der Waals surface area (Å²) >= 11 is 0. The number of nitrogens with one attached hydrogen (secondary N) is 2. The molecule has 2 amide bonds. The summed E-state index contributed by atoms with van der Waals surface area (Å²) in [7, 11) is 0. The van der Waals surface area contributed by atoms with Crippen molar-refractivity contribution in [1.29, 1.82) is 0 Å². The molecule has 0 atom stereocenters. The van der Waals surface area contributed by atoms with Crippen LogP contribution >= 0.6 is 0 Å². The number of benzene rings is 2. The molecule has 2 N–H and O–H groups in total. The van der Waals surface area contributed by atoms with Crippen molar-refractivity contribution in [3.05, 3.63) is 65.0 Å². The first-order valence-corrected chi connectivity index (χ1v) is 8.56. The third-order valence-electron chi connectivity index (χ3n) is 4.07. The fourth-order valence-electron chi connectivity index (χ4n) is 2.45. The molecular weight excluding hydrogens is 351 g/mol. The highest BCUT2D eigenvalue weighted by molar-refractivity contribution is 5.98. The van der Waals surface area contributed by atoms with Gasteiger partial charge in [0.25, 0.3) is 11.8 Å². The Morgan fingerprint density at radius 1 is 1.15 bits per heavy atom. The van der Waals surface area contributed by atoms with E-state index in [1.54, 1.807) is 31.2 Å². The predicted octanol–water partition coefficient (Wildman–Crippen LogP) is 2.82. The largest absolute Gasteiger partial charge is 0.452 e. The van der Waals surface area contributed by atoms with Crippen LogP contribution in [0.1, 0.15) is 39.1 Å². The molecule has 1 aliphatic carbocycles. The predicted molar refractivity (Wildman–Crippen MR) is 97.0 cm³/mol. The Morgan fingerprint density at radius 2 is 1.93 bits per heavy atom. The minimum atomic E-state index is -0.778. The van der Waals surface area contributed by atoms with E-state index in [1.807, 2.05) is 0 Å². The molecule has 0 spiro atoms. The van der Waals surface area contributed by atoms with Gasteiger partial charge in [-0.1, -0.05) is 12.1 Å². The lowest BCUT2D eigenvalue weighted by Crippen LogP contribution is -2.25. The van der Waals surface area contributed by atoms with E-state index in [9.17, 15) is 18.8 Å². The molecule has 0 aromatic heterocycles. The second-order valence-electron chi connectivity index (χ2n) is 6.41. The molecule has 0 unspecified atom stereocenters. The van der Waals surface area contributed by atoms with Crippen molar-refractivity contribution in [3.8, 4) is 0 Å². The van der Waals surface area contributed by atoms with E-state index < -0.39 is 24.3 Å². The number of aryl methyl sites for hydroxylation is 1. The van der Waals surface area contributed by atoms with Crippen LogP contribution in [-0.4, -0.2) is 30.4 Å². The summed E-state index contributed by atoms with van der Waals surface area (Å²) in [6.07, 6.45) is 1.97. The maximum Gasteiger partial charge on any atom is 0.339 e. The Bertz CT molecular complexity index is 893. The smallest absolute Gasteiger partial charge is 0.339 e. The molecule has 0 radical (unpaired) electrons. The quantitative estimate of drug-likeness (QED) is 0.766. The summed E-state index contributed by atoms with van der Waals surface area (Å²) < 4.78 is 18.2. The number of esters is 1. The Kier molecular flexibility index (Phi) is 5.49. The average Bonchev–Trinajstić information content (AvgIpc) is 3.46. The van der Waals surface area contributed by atoms with Gasteiger partial charge < -0.3 is 15.4 Å². The van der Waals surface area contributed by atoms with E-state index >= 15 is 0 Å². The van der Waals surface area contributed by atoms with Crippen LogP contribution in [0.4, 0.5) is 10.1 Å². The fraction of sp³-hybridized carbons (Fsp3) is 0.250. The average molecular weight is 370 g/mol. The van der Waals surface area contributed by atoms with Gasteiger partial charge in [0, 0.05) is 17.3 Å². The van der Waals surface area contributed by atoms with Crippen LogP contribution in [0.3, 0.4) is 0 Å². The van der Waals surface area contributed by atoms with Crippen molar-refractivity contribution >= 4 is 23.5 Å². The zero-order valence-electron chi connectivity index (χ0n) is 14.8. The molecule has 0 aliphatic heterocycles. The van der Waals surface area contributed by atoms with Gasteiger partial charge in [0.15, 0.2) is 6.61 Å². The van der Waals surface area contributed by atoms with Crippen molar-refractivity contribution in [1.82, 2.24) is 5.32 Å². The van der Waals surface area contributed by atoms with Gasteiger partial charge >= 0.3 is 5.97 Å². The van der Waals surface area contributed by atoms with Crippen LogP contribution in [0, 0.1) is 12.7 Å². The normalized spacial score (nSPS) is 13.0. The Labute approximate surface area is 155 Å². The number of hydrogen-bond acceptors (Lipinski definition) is 4. The highest BCUT2D eigenvalue weighted by Gasteiger charge is 2.23. The first kappa shape index (κ1) is 18.6. The maximum atomic E-state index is 13.3. The zero-order valence-corrected chi connectivity index (χ0v) is 14.8. The minimum Gasteiger partial charge on any atom is -0.452 e. The number of amides is 2. The van der Waals surface area contributed by atoms with Crippen molar-refractivity contribution in [2.75, 3.05) is 11.9 Å². The van der Waals surface area contributed by atoms with Gasteiger partial charge in [-0.25, -0.2) is 9.18 Å². The number of carbonyl (C=O) groups excluding carboxylic acids is 3. The van der Waals surface area contributed by atoms with Gasteiger partial charge in [-0.3, -0.25) is 9.59 Å². The molecular formula is C20H19FN2O4. The van der Waals surface area contributed by atoms with Crippen LogP contribution in [-0.2, 0) is 9.53 Å². The van der Waals surface area contributed by atoms with E-state index in [2.05, 4.69) is 10.6 Å². The fourth-order valence-corrected chi connectivity index (χ4v) is 2.45. The molecule has 2 aromatic carbocycles. The van der Waals surface area contributed by atoms with E-state index in [1.165, 1.54) is 12.1 Å². The van der Waals surface area contributed by atoms with E-state index in [0.717, 1.165) is 18.9 Å². The Morgan fingerprint density at radius 3 is 2.67 bits per heavy atom. The minimum absolute atomic E-state index is 0.0709. The number of hydrogen-bond donors (Lipinski definition) is 2. The molecule has 2 aromatic rings. The summed E-state index contributed by atoms with van der Waals surface area (Å²) in [5.74, 6) is -2.09. The van der Waals surface area contributed by atoms with E-state index in [0.29, 0.717) is 16.8 Å². The van der Waals surface area contributed by atoms with Crippen LogP contribution in [0.15, 0.2) is 42.5 Å². The van der Waals surface area contributed by atoms with Crippen LogP contribution < -0.4 is 10.6 Å². The summed E-state index contributed by atoms with van der Waals surface area (Å²) in [5, 5.41) is 5.44. The van der Waals surface area contributed by atoms with Crippen molar-refractivity contribution in [3.63, 3.8) is 0 Å². The number of ether oxygens (including phenoxy) is 1. The van der Waals surface area contributed by atoms with Gasteiger partial charge in [-0.15, -0.1) is 0 Å². The van der Waals surface area contributed by atoms with Gasteiger partial charge in [-0.05, 0) is 55.7 Å². The summed E-state index contributed by atoms with van der Waals surface area (Å²) in [6.45, 7) is 1.13. The van der Waals surface area contributed by atoms with Gasteiger partial charge in [0.1, 0.15) is 5.82 Å².